The maximum absolute atomic E-state index is 12.8. The van der Waals surface area contributed by atoms with Gasteiger partial charge in [-0.2, -0.15) is 22.0 Å². The molecule has 0 saturated carbocycles. The summed E-state index contributed by atoms with van der Waals surface area (Å²) in [5.74, 6) is -9.55. The molecule has 100 valence electrons. The fraction of sp³-hybridized carbons (Fsp3) is 0.778. The van der Waals surface area contributed by atoms with E-state index in [1.165, 1.54) is 13.8 Å². The highest BCUT2D eigenvalue weighted by molar-refractivity contribution is 5.94. The van der Waals surface area contributed by atoms with Crippen LogP contribution in [0.1, 0.15) is 20.8 Å². The standard InChI is InChI=1S/C9H12F5NO2/c1-4(2)6(15-5(3)16)7(17)8(10,11)9(12,13)14/h4,6H,1-3H3,(H,15,16). The zero-order valence-corrected chi connectivity index (χ0v) is 9.36. The second-order valence-corrected chi connectivity index (χ2v) is 3.86. The molecular formula is C9H12F5NO2. The van der Waals surface area contributed by atoms with E-state index in [4.69, 9.17) is 0 Å². The van der Waals surface area contributed by atoms with Crippen molar-refractivity contribution in [3.8, 4) is 0 Å². The van der Waals surface area contributed by atoms with Crippen LogP contribution in [0.4, 0.5) is 22.0 Å². The molecule has 1 unspecified atom stereocenters. The minimum atomic E-state index is -5.96. The lowest BCUT2D eigenvalue weighted by Crippen LogP contribution is -2.55. The van der Waals surface area contributed by atoms with Crippen molar-refractivity contribution >= 4 is 11.7 Å². The summed E-state index contributed by atoms with van der Waals surface area (Å²) in [4.78, 5) is 21.8. The Balaban J connectivity index is 5.16. The molecule has 0 spiro atoms. The molecule has 0 bridgehead atoms. The molecule has 1 atom stereocenters. The maximum Gasteiger partial charge on any atom is 0.461 e. The number of rotatable bonds is 4. The Hall–Kier alpha value is -1.21. The third-order valence-corrected chi connectivity index (χ3v) is 1.97. The zero-order chi connectivity index (χ0) is 14.0. The van der Waals surface area contributed by atoms with Crippen molar-refractivity contribution in [1.29, 1.82) is 0 Å². The molecule has 0 aromatic rings. The van der Waals surface area contributed by atoms with Crippen molar-refractivity contribution in [2.45, 2.75) is 38.9 Å². The first-order valence-corrected chi connectivity index (χ1v) is 4.67. The van der Waals surface area contributed by atoms with Crippen LogP contribution in [0, 0.1) is 5.92 Å². The van der Waals surface area contributed by atoms with E-state index in [1.807, 2.05) is 0 Å². The van der Waals surface area contributed by atoms with Gasteiger partial charge < -0.3 is 5.32 Å². The summed E-state index contributed by atoms with van der Waals surface area (Å²) in [5.41, 5.74) is 0. The van der Waals surface area contributed by atoms with Crippen LogP contribution in [0.25, 0.3) is 0 Å². The van der Waals surface area contributed by atoms with Crippen LogP contribution in [0.15, 0.2) is 0 Å². The molecule has 0 saturated heterocycles. The molecule has 0 heterocycles. The van der Waals surface area contributed by atoms with Gasteiger partial charge in [-0.15, -0.1) is 0 Å². The first-order valence-electron chi connectivity index (χ1n) is 4.67. The van der Waals surface area contributed by atoms with Gasteiger partial charge in [0, 0.05) is 6.92 Å². The van der Waals surface area contributed by atoms with Gasteiger partial charge in [0.15, 0.2) is 0 Å². The van der Waals surface area contributed by atoms with E-state index in [9.17, 15) is 31.5 Å². The monoisotopic (exact) mass is 261 g/mol. The zero-order valence-electron chi connectivity index (χ0n) is 9.36. The number of Topliss-reactive ketones (excluding diaryl/α,β-unsaturated/α-hetero) is 1. The molecule has 0 fully saturated rings. The fourth-order valence-electron chi connectivity index (χ4n) is 1.09. The Morgan fingerprint density at radius 2 is 1.47 bits per heavy atom. The van der Waals surface area contributed by atoms with Crippen LogP contribution in [-0.2, 0) is 9.59 Å². The summed E-state index contributed by atoms with van der Waals surface area (Å²) in [5, 5.41) is 1.79. The lowest BCUT2D eigenvalue weighted by atomic mass is 9.95. The van der Waals surface area contributed by atoms with Gasteiger partial charge in [0.1, 0.15) is 0 Å². The Bertz CT molecular complexity index is 311. The second kappa shape index (κ2) is 4.97. The molecule has 0 aromatic carbocycles. The van der Waals surface area contributed by atoms with E-state index in [0.717, 1.165) is 6.92 Å². The molecule has 0 radical (unpaired) electrons. The average Bonchev–Trinajstić information content (AvgIpc) is 2.10. The van der Waals surface area contributed by atoms with E-state index in [2.05, 4.69) is 0 Å². The maximum atomic E-state index is 12.8. The van der Waals surface area contributed by atoms with E-state index in [0.29, 0.717) is 0 Å². The van der Waals surface area contributed by atoms with Gasteiger partial charge in [0.2, 0.25) is 11.7 Å². The van der Waals surface area contributed by atoms with Crippen molar-refractivity contribution in [3.05, 3.63) is 0 Å². The van der Waals surface area contributed by atoms with Crippen LogP contribution >= 0.6 is 0 Å². The summed E-state index contributed by atoms with van der Waals surface area (Å²) >= 11 is 0. The number of hydrogen-bond acceptors (Lipinski definition) is 2. The van der Waals surface area contributed by atoms with Crippen molar-refractivity contribution in [2.24, 2.45) is 5.92 Å². The molecule has 0 aliphatic rings. The molecule has 3 nitrogen and oxygen atoms in total. The molecule has 0 aliphatic carbocycles. The lowest BCUT2D eigenvalue weighted by molar-refractivity contribution is -0.269. The summed E-state index contributed by atoms with van der Waals surface area (Å²) in [7, 11) is 0. The van der Waals surface area contributed by atoms with Gasteiger partial charge in [-0.05, 0) is 5.92 Å². The Kier molecular flexibility index (Phi) is 4.62. The van der Waals surface area contributed by atoms with Gasteiger partial charge in [0.25, 0.3) is 0 Å². The number of carbonyl (C=O) groups excluding carboxylic acids is 2. The topological polar surface area (TPSA) is 46.2 Å². The Labute approximate surface area is 94.4 Å². The third kappa shape index (κ3) is 3.64. The van der Waals surface area contributed by atoms with E-state index < -0.39 is 35.7 Å². The van der Waals surface area contributed by atoms with Gasteiger partial charge in [0.05, 0.1) is 6.04 Å². The normalized spacial score (nSPS) is 14.6. The first-order chi connectivity index (χ1) is 7.41. The second-order valence-electron chi connectivity index (χ2n) is 3.86. The Morgan fingerprint density at radius 1 is 1.06 bits per heavy atom. The van der Waals surface area contributed by atoms with Crippen LogP contribution in [0.5, 0.6) is 0 Å². The SMILES string of the molecule is CC(=O)NC(C(=O)C(F)(F)C(F)(F)F)C(C)C. The van der Waals surface area contributed by atoms with Crippen LogP contribution in [0.3, 0.4) is 0 Å². The molecule has 0 aliphatic heterocycles. The predicted octanol–water partition coefficient (Wildman–Crippen LogP) is 1.91. The summed E-state index contributed by atoms with van der Waals surface area (Å²) in [6.07, 6.45) is -5.96. The molecule has 1 amide bonds. The van der Waals surface area contributed by atoms with E-state index in [1.54, 1.807) is 5.32 Å². The number of nitrogens with one attached hydrogen (secondary N) is 1. The Morgan fingerprint density at radius 3 is 1.71 bits per heavy atom. The van der Waals surface area contributed by atoms with E-state index >= 15 is 0 Å². The minimum Gasteiger partial charge on any atom is -0.346 e. The number of alkyl halides is 5. The highest BCUT2D eigenvalue weighted by Gasteiger charge is 2.64. The lowest BCUT2D eigenvalue weighted by Gasteiger charge is -2.26. The highest BCUT2D eigenvalue weighted by Crippen LogP contribution is 2.37. The average molecular weight is 261 g/mol. The molecule has 0 aromatic heterocycles. The van der Waals surface area contributed by atoms with Crippen molar-refractivity contribution < 1.29 is 31.5 Å². The third-order valence-electron chi connectivity index (χ3n) is 1.97. The van der Waals surface area contributed by atoms with Crippen LogP contribution < -0.4 is 5.32 Å². The van der Waals surface area contributed by atoms with E-state index in [-0.39, 0.29) is 0 Å². The fourth-order valence-corrected chi connectivity index (χ4v) is 1.09. The minimum absolute atomic E-state index is 0.852. The molecular weight excluding hydrogens is 249 g/mol. The summed E-state index contributed by atoms with van der Waals surface area (Å²) in [6.45, 7) is 3.43. The number of amides is 1. The number of ketones is 1. The number of hydrogen-bond donors (Lipinski definition) is 1. The smallest absolute Gasteiger partial charge is 0.346 e. The summed E-state index contributed by atoms with van der Waals surface area (Å²) < 4.78 is 61.4. The predicted molar refractivity (Wildman–Crippen MR) is 48.5 cm³/mol. The van der Waals surface area contributed by atoms with Crippen molar-refractivity contribution in [1.82, 2.24) is 5.32 Å². The van der Waals surface area contributed by atoms with Crippen LogP contribution in [0.2, 0.25) is 0 Å². The number of carbonyl (C=O) groups is 2. The molecule has 8 heteroatoms. The molecule has 17 heavy (non-hydrogen) atoms. The largest absolute Gasteiger partial charge is 0.461 e. The molecule has 0 rings (SSSR count). The van der Waals surface area contributed by atoms with Gasteiger partial charge in [-0.25, -0.2) is 0 Å². The first kappa shape index (κ1) is 15.8. The van der Waals surface area contributed by atoms with Crippen LogP contribution in [-0.4, -0.2) is 29.8 Å². The highest BCUT2D eigenvalue weighted by atomic mass is 19.4. The quantitative estimate of drug-likeness (QED) is 0.786. The number of halogens is 5. The van der Waals surface area contributed by atoms with Gasteiger partial charge >= 0.3 is 12.1 Å². The molecule has 1 N–H and O–H groups in total. The summed E-state index contributed by atoms with van der Waals surface area (Å²) in [6, 6.07) is -1.87. The van der Waals surface area contributed by atoms with Gasteiger partial charge in [-0.1, -0.05) is 13.8 Å². The van der Waals surface area contributed by atoms with Gasteiger partial charge in [-0.3, -0.25) is 9.59 Å². The van der Waals surface area contributed by atoms with Crippen molar-refractivity contribution in [2.75, 3.05) is 0 Å². The van der Waals surface area contributed by atoms with Crippen molar-refractivity contribution in [3.63, 3.8) is 0 Å².